The normalized spacial score (nSPS) is 15.3. The van der Waals surface area contributed by atoms with Gasteiger partial charge in [-0.05, 0) is 25.0 Å². The Labute approximate surface area is 118 Å². The number of halogens is 1. The number of carbonyl (C=O) groups is 1. The molecule has 0 saturated heterocycles. The summed E-state index contributed by atoms with van der Waals surface area (Å²) in [6.07, 6.45) is 4.14. The highest BCUT2D eigenvalue weighted by Crippen LogP contribution is 2.23. The molecule has 0 atom stereocenters. The Kier molecular flexibility index (Phi) is 5.35. The van der Waals surface area contributed by atoms with E-state index in [1.165, 1.54) is 12.1 Å². The quantitative estimate of drug-likeness (QED) is 0.867. The highest BCUT2D eigenvalue weighted by atomic mass is 19.1. The minimum atomic E-state index is -0.477. The van der Waals surface area contributed by atoms with E-state index in [-0.39, 0.29) is 30.9 Å². The van der Waals surface area contributed by atoms with Crippen LogP contribution >= 0.6 is 0 Å². The summed E-state index contributed by atoms with van der Waals surface area (Å²) in [5.41, 5.74) is 0. The van der Waals surface area contributed by atoms with Gasteiger partial charge >= 0.3 is 0 Å². The van der Waals surface area contributed by atoms with Gasteiger partial charge in [-0.3, -0.25) is 4.79 Å². The van der Waals surface area contributed by atoms with Gasteiger partial charge < -0.3 is 14.7 Å². The van der Waals surface area contributed by atoms with Gasteiger partial charge in [0.25, 0.3) is 5.91 Å². The summed E-state index contributed by atoms with van der Waals surface area (Å²) < 4.78 is 18.6. The van der Waals surface area contributed by atoms with Crippen LogP contribution < -0.4 is 4.74 Å². The third-order valence-corrected chi connectivity index (χ3v) is 3.61. The van der Waals surface area contributed by atoms with Gasteiger partial charge in [0.2, 0.25) is 0 Å². The summed E-state index contributed by atoms with van der Waals surface area (Å²) in [6, 6.07) is 6.20. The molecule has 0 bridgehead atoms. The molecule has 1 amide bonds. The summed E-state index contributed by atoms with van der Waals surface area (Å²) in [5, 5.41) is 9.08. The van der Waals surface area contributed by atoms with E-state index in [0.29, 0.717) is 6.54 Å². The summed E-state index contributed by atoms with van der Waals surface area (Å²) in [4.78, 5) is 13.8. The first kappa shape index (κ1) is 14.8. The maximum atomic E-state index is 13.4. The number of ether oxygens (including phenoxy) is 1. The first-order valence-corrected chi connectivity index (χ1v) is 7.00. The predicted molar refractivity (Wildman–Crippen MR) is 72.9 cm³/mol. The minimum Gasteiger partial charge on any atom is -0.481 e. The van der Waals surface area contributed by atoms with Gasteiger partial charge in [0.15, 0.2) is 18.2 Å². The zero-order valence-corrected chi connectivity index (χ0v) is 11.4. The average molecular weight is 281 g/mol. The zero-order valence-electron chi connectivity index (χ0n) is 11.4. The Balaban J connectivity index is 1.93. The van der Waals surface area contributed by atoms with E-state index in [9.17, 15) is 9.18 Å². The van der Waals surface area contributed by atoms with Crippen molar-refractivity contribution in [1.29, 1.82) is 0 Å². The molecule has 0 radical (unpaired) electrons. The molecule has 1 aromatic carbocycles. The summed E-state index contributed by atoms with van der Waals surface area (Å²) in [6.45, 7) is 0.0451. The molecule has 20 heavy (non-hydrogen) atoms. The summed E-state index contributed by atoms with van der Waals surface area (Å²) in [5.74, 6) is -0.597. The van der Waals surface area contributed by atoms with Crippen LogP contribution in [0.2, 0.25) is 0 Å². The first-order valence-electron chi connectivity index (χ1n) is 7.00. The molecule has 0 heterocycles. The Morgan fingerprint density at radius 3 is 2.70 bits per heavy atom. The van der Waals surface area contributed by atoms with Crippen LogP contribution in [0.15, 0.2) is 24.3 Å². The fraction of sp³-hybridized carbons (Fsp3) is 0.533. The van der Waals surface area contributed by atoms with Crippen LogP contribution in [0.4, 0.5) is 4.39 Å². The molecular weight excluding hydrogens is 261 g/mol. The number of carbonyl (C=O) groups excluding carboxylic acids is 1. The van der Waals surface area contributed by atoms with Crippen LogP contribution in [0, 0.1) is 5.82 Å². The minimum absolute atomic E-state index is 0.0675. The van der Waals surface area contributed by atoms with E-state index in [4.69, 9.17) is 9.84 Å². The van der Waals surface area contributed by atoms with Crippen molar-refractivity contribution in [3.8, 4) is 5.75 Å². The maximum absolute atomic E-state index is 13.4. The fourth-order valence-corrected chi connectivity index (χ4v) is 2.62. The van der Waals surface area contributed by atoms with Gasteiger partial charge in [-0.15, -0.1) is 0 Å². The second kappa shape index (κ2) is 7.24. The van der Waals surface area contributed by atoms with Crippen LogP contribution in [-0.2, 0) is 4.79 Å². The Hall–Kier alpha value is -1.62. The molecule has 5 heteroatoms. The summed E-state index contributed by atoms with van der Waals surface area (Å²) in [7, 11) is 0. The highest BCUT2D eigenvalue weighted by Gasteiger charge is 2.26. The second-order valence-corrected chi connectivity index (χ2v) is 4.97. The number of nitrogens with zero attached hydrogens (tertiary/aromatic N) is 1. The van der Waals surface area contributed by atoms with Crippen molar-refractivity contribution in [3.05, 3.63) is 30.1 Å². The van der Waals surface area contributed by atoms with Crippen molar-refractivity contribution in [2.24, 2.45) is 0 Å². The maximum Gasteiger partial charge on any atom is 0.260 e. The standard InChI is InChI=1S/C15H20FNO3/c16-13-7-3-4-8-14(13)20-11-15(19)17(9-10-18)12-5-1-2-6-12/h3-4,7-8,12,18H,1-2,5-6,9-11H2. The van der Waals surface area contributed by atoms with Crippen LogP contribution in [0.5, 0.6) is 5.75 Å². The van der Waals surface area contributed by atoms with Crippen LogP contribution in [-0.4, -0.2) is 41.7 Å². The first-order chi connectivity index (χ1) is 9.72. The Morgan fingerprint density at radius 2 is 2.05 bits per heavy atom. The lowest BCUT2D eigenvalue weighted by Gasteiger charge is -2.28. The largest absolute Gasteiger partial charge is 0.481 e. The molecule has 1 N–H and O–H groups in total. The molecule has 1 aromatic rings. The third-order valence-electron chi connectivity index (χ3n) is 3.61. The Bertz CT molecular complexity index is 446. The lowest BCUT2D eigenvalue weighted by atomic mass is 10.2. The molecule has 1 saturated carbocycles. The number of aliphatic hydroxyl groups is 1. The Morgan fingerprint density at radius 1 is 1.35 bits per heavy atom. The number of para-hydroxylation sites is 1. The monoisotopic (exact) mass is 281 g/mol. The van der Waals surface area contributed by atoms with E-state index in [0.717, 1.165) is 25.7 Å². The lowest BCUT2D eigenvalue weighted by Crippen LogP contribution is -2.43. The van der Waals surface area contributed by atoms with Gasteiger partial charge in [0, 0.05) is 12.6 Å². The molecule has 0 unspecified atom stereocenters. The topological polar surface area (TPSA) is 49.8 Å². The number of hydrogen-bond donors (Lipinski definition) is 1. The number of amides is 1. The van der Waals surface area contributed by atoms with Crippen molar-refractivity contribution in [3.63, 3.8) is 0 Å². The molecular formula is C15H20FNO3. The number of hydrogen-bond acceptors (Lipinski definition) is 3. The molecule has 0 spiro atoms. The zero-order chi connectivity index (χ0) is 14.4. The SMILES string of the molecule is O=C(COc1ccccc1F)N(CCO)C1CCCC1. The van der Waals surface area contributed by atoms with Crippen LogP contribution in [0.3, 0.4) is 0 Å². The molecule has 0 aromatic heterocycles. The second-order valence-electron chi connectivity index (χ2n) is 4.97. The number of rotatable bonds is 6. The predicted octanol–water partition coefficient (Wildman–Crippen LogP) is 1.97. The molecule has 110 valence electrons. The molecule has 1 fully saturated rings. The van der Waals surface area contributed by atoms with E-state index in [1.807, 2.05) is 0 Å². The fourth-order valence-electron chi connectivity index (χ4n) is 2.62. The van der Waals surface area contributed by atoms with Crippen molar-refractivity contribution < 1.29 is 19.0 Å². The molecule has 1 aliphatic rings. The van der Waals surface area contributed by atoms with Crippen molar-refractivity contribution in [2.45, 2.75) is 31.7 Å². The van der Waals surface area contributed by atoms with Crippen LogP contribution in [0.25, 0.3) is 0 Å². The third kappa shape index (κ3) is 3.70. The van der Waals surface area contributed by atoms with Crippen molar-refractivity contribution >= 4 is 5.91 Å². The van der Waals surface area contributed by atoms with Gasteiger partial charge in [0.1, 0.15) is 0 Å². The average Bonchev–Trinajstić information content (AvgIpc) is 2.97. The van der Waals surface area contributed by atoms with Gasteiger partial charge in [-0.2, -0.15) is 0 Å². The van der Waals surface area contributed by atoms with E-state index in [1.54, 1.807) is 17.0 Å². The van der Waals surface area contributed by atoms with E-state index in [2.05, 4.69) is 0 Å². The van der Waals surface area contributed by atoms with Crippen molar-refractivity contribution in [2.75, 3.05) is 19.8 Å². The molecule has 4 nitrogen and oxygen atoms in total. The van der Waals surface area contributed by atoms with Gasteiger partial charge in [0.05, 0.1) is 6.61 Å². The van der Waals surface area contributed by atoms with E-state index >= 15 is 0 Å². The summed E-state index contributed by atoms with van der Waals surface area (Å²) >= 11 is 0. The van der Waals surface area contributed by atoms with Gasteiger partial charge in [-0.25, -0.2) is 4.39 Å². The highest BCUT2D eigenvalue weighted by molar-refractivity contribution is 5.78. The van der Waals surface area contributed by atoms with Crippen LogP contribution in [0.1, 0.15) is 25.7 Å². The molecule has 1 aliphatic carbocycles. The molecule has 2 rings (SSSR count). The smallest absolute Gasteiger partial charge is 0.260 e. The van der Waals surface area contributed by atoms with Gasteiger partial charge in [-0.1, -0.05) is 25.0 Å². The number of benzene rings is 1. The number of aliphatic hydroxyl groups excluding tert-OH is 1. The van der Waals surface area contributed by atoms with E-state index < -0.39 is 5.82 Å². The molecule has 0 aliphatic heterocycles. The lowest BCUT2D eigenvalue weighted by molar-refractivity contribution is -0.136. The van der Waals surface area contributed by atoms with Crippen molar-refractivity contribution in [1.82, 2.24) is 4.90 Å².